The van der Waals surface area contributed by atoms with Crippen LogP contribution in [0.2, 0.25) is 0 Å². The van der Waals surface area contributed by atoms with Gasteiger partial charge >= 0.3 is 0 Å². The number of benzene rings is 2. The van der Waals surface area contributed by atoms with E-state index in [-0.39, 0.29) is 18.4 Å². The number of nitrogens with zero attached hydrogens (tertiary/aromatic N) is 1. The lowest BCUT2D eigenvalue weighted by Crippen LogP contribution is -2.35. The van der Waals surface area contributed by atoms with Gasteiger partial charge in [-0.1, -0.05) is 18.2 Å². The van der Waals surface area contributed by atoms with Crippen LogP contribution in [0.25, 0.3) is 0 Å². The number of likely N-dealkylation sites (N-methyl/N-ethyl adjacent to an activating group) is 1. The molecule has 25 heavy (non-hydrogen) atoms. The Morgan fingerprint density at radius 1 is 1.04 bits per heavy atom. The molecule has 2 aromatic rings. The molecule has 0 bridgehead atoms. The van der Waals surface area contributed by atoms with Gasteiger partial charge in [-0.3, -0.25) is 9.59 Å². The van der Waals surface area contributed by atoms with Crippen LogP contribution < -0.4 is 10.1 Å². The van der Waals surface area contributed by atoms with E-state index >= 15 is 0 Å². The average molecular weight is 340 g/mol. The zero-order valence-electron chi connectivity index (χ0n) is 15.3. The highest BCUT2D eigenvalue weighted by molar-refractivity contribution is 5.99. The number of ether oxygens (including phenoxy) is 1. The van der Waals surface area contributed by atoms with Crippen LogP contribution in [-0.4, -0.2) is 37.4 Å². The van der Waals surface area contributed by atoms with Crippen LogP contribution in [-0.2, 0) is 4.79 Å². The second kappa shape index (κ2) is 7.83. The molecule has 0 aliphatic carbocycles. The third-order valence-corrected chi connectivity index (χ3v) is 4.05. The summed E-state index contributed by atoms with van der Waals surface area (Å²) in [5.74, 6) is 0.192. The van der Waals surface area contributed by atoms with Crippen molar-refractivity contribution in [2.75, 3.05) is 26.0 Å². The second-order valence-electron chi connectivity index (χ2n) is 6.21. The lowest BCUT2D eigenvalue weighted by molar-refractivity contribution is -0.116. The lowest BCUT2D eigenvalue weighted by Gasteiger charge is -2.18. The summed E-state index contributed by atoms with van der Waals surface area (Å²) in [4.78, 5) is 26.2. The fraction of sp³-hybridized carbons (Fsp3) is 0.300. The molecule has 0 aliphatic heterocycles. The van der Waals surface area contributed by atoms with Gasteiger partial charge in [-0.05, 0) is 55.7 Å². The van der Waals surface area contributed by atoms with E-state index in [2.05, 4.69) is 5.32 Å². The van der Waals surface area contributed by atoms with Crippen LogP contribution in [0.15, 0.2) is 36.4 Å². The molecule has 2 aromatic carbocycles. The molecule has 2 amide bonds. The Balaban J connectivity index is 2.05. The quantitative estimate of drug-likeness (QED) is 0.908. The highest BCUT2D eigenvalue weighted by Gasteiger charge is 2.16. The van der Waals surface area contributed by atoms with Gasteiger partial charge in [0.1, 0.15) is 5.75 Å². The van der Waals surface area contributed by atoms with E-state index in [0.29, 0.717) is 11.3 Å². The fourth-order valence-electron chi connectivity index (χ4n) is 2.52. The van der Waals surface area contributed by atoms with Gasteiger partial charge in [0.25, 0.3) is 5.91 Å². The fourth-order valence-corrected chi connectivity index (χ4v) is 2.52. The minimum Gasteiger partial charge on any atom is -0.496 e. The standard InChI is InChI=1S/C20H24N2O3/c1-13-6-7-14(2)17(10-13)21-19(23)12-22(4)20(24)16-9-8-15(3)18(11-16)25-5/h6-11H,12H2,1-5H3,(H,21,23). The van der Waals surface area contributed by atoms with Crippen LogP contribution in [0.1, 0.15) is 27.0 Å². The van der Waals surface area contributed by atoms with Crippen molar-refractivity contribution in [1.29, 1.82) is 0 Å². The molecule has 132 valence electrons. The minimum absolute atomic E-state index is 0.0254. The summed E-state index contributed by atoms with van der Waals surface area (Å²) >= 11 is 0. The average Bonchev–Trinajstić information content (AvgIpc) is 2.57. The number of rotatable bonds is 5. The predicted molar refractivity (Wildman–Crippen MR) is 99.2 cm³/mol. The van der Waals surface area contributed by atoms with Gasteiger partial charge in [-0.2, -0.15) is 0 Å². The molecule has 5 heteroatoms. The summed E-state index contributed by atoms with van der Waals surface area (Å²) in [5.41, 5.74) is 4.26. The smallest absolute Gasteiger partial charge is 0.254 e. The first-order valence-corrected chi connectivity index (χ1v) is 8.09. The van der Waals surface area contributed by atoms with Gasteiger partial charge in [-0.25, -0.2) is 0 Å². The highest BCUT2D eigenvalue weighted by atomic mass is 16.5. The number of carbonyl (C=O) groups is 2. The maximum atomic E-state index is 12.5. The molecule has 0 saturated carbocycles. The normalized spacial score (nSPS) is 10.3. The lowest BCUT2D eigenvalue weighted by atomic mass is 10.1. The number of methoxy groups -OCH3 is 1. The van der Waals surface area contributed by atoms with Crippen molar-refractivity contribution in [3.8, 4) is 5.75 Å². The summed E-state index contributed by atoms with van der Waals surface area (Å²) in [6.07, 6.45) is 0. The van der Waals surface area contributed by atoms with E-state index in [1.807, 2.05) is 45.0 Å². The molecule has 5 nitrogen and oxygen atoms in total. The van der Waals surface area contributed by atoms with E-state index in [1.54, 1.807) is 26.3 Å². The summed E-state index contributed by atoms with van der Waals surface area (Å²) in [7, 11) is 3.18. The van der Waals surface area contributed by atoms with Gasteiger partial charge in [0.05, 0.1) is 13.7 Å². The summed E-state index contributed by atoms with van der Waals surface area (Å²) in [6.45, 7) is 5.79. The molecule has 0 unspecified atom stereocenters. The third-order valence-electron chi connectivity index (χ3n) is 4.05. The van der Waals surface area contributed by atoms with Crippen LogP contribution in [0.4, 0.5) is 5.69 Å². The summed E-state index contributed by atoms with van der Waals surface area (Å²) < 4.78 is 5.25. The van der Waals surface area contributed by atoms with Crippen molar-refractivity contribution < 1.29 is 14.3 Å². The minimum atomic E-state index is -0.233. The van der Waals surface area contributed by atoms with Crippen molar-refractivity contribution in [2.24, 2.45) is 0 Å². The largest absolute Gasteiger partial charge is 0.496 e. The zero-order chi connectivity index (χ0) is 18.6. The Labute approximate surface area is 148 Å². The zero-order valence-corrected chi connectivity index (χ0v) is 15.3. The number of hydrogen-bond donors (Lipinski definition) is 1. The summed E-state index contributed by atoms with van der Waals surface area (Å²) in [5, 5.41) is 2.86. The molecule has 0 fully saturated rings. The number of anilines is 1. The van der Waals surface area contributed by atoms with Gasteiger partial charge in [0.15, 0.2) is 0 Å². The molecular weight excluding hydrogens is 316 g/mol. The second-order valence-corrected chi connectivity index (χ2v) is 6.21. The van der Waals surface area contributed by atoms with Crippen LogP contribution in [0.3, 0.4) is 0 Å². The van der Waals surface area contributed by atoms with E-state index in [4.69, 9.17) is 4.74 Å². The molecule has 2 rings (SSSR count). The monoisotopic (exact) mass is 340 g/mol. The Hall–Kier alpha value is -2.82. The molecule has 0 aliphatic rings. The topological polar surface area (TPSA) is 58.6 Å². The van der Waals surface area contributed by atoms with Gasteiger partial charge in [-0.15, -0.1) is 0 Å². The Morgan fingerprint density at radius 2 is 1.72 bits per heavy atom. The van der Waals surface area contributed by atoms with Gasteiger partial charge in [0.2, 0.25) is 5.91 Å². The van der Waals surface area contributed by atoms with Gasteiger partial charge in [0, 0.05) is 18.3 Å². The van der Waals surface area contributed by atoms with E-state index in [0.717, 1.165) is 22.4 Å². The maximum Gasteiger partial charge on any atom is 0.254 e. The maximum absolute atomic E-state index is 12.5. The number of aryl methyl sites for hydroxylation is 3. The van der Waals surface area contributed by atoms with Crippen LogP contribution >= 0.6 is 0 Å². The highest BCUT2D eigenvalue weighted by Crippen LogP contribution is 2.20. The molecule has 1 N–H and O–H groups in total. The molecule has 0 radical (unpaired) electrons. The number of nitrogens with one attached hydrogen (secondary N) is 1. The molecule has 0 spiro atoms. The van der Waals surface area contributed by atoms with Crippen molar-refractivity contribution >= 4 is 17.5 Å². The Kier molecular flexibility index (Phi) is 5.80. The molecule has 0 atom stereocenters. The molecule has 0 aromatic heterocycles. The molecular formula is C20H24N2O3. The van der Waals surface area contributed by atoms with E-state index in [1.165, 1.54) is 4.90 Å². The number of carbonyl (C=O) groups excluding carboxylic acids is 2. The third kappa shape index (κ3) is 4.59. The number of hydrogen-bond acceptors (Lipinski definition) is 3. The van der Waals surface area contributed by atoms with E-state index in [9.17, 15) is 9.59 Å². The SMILES string of the molecule is COc1cc(C(=O)N(C)CC(=O)Nc2cc(C)ccc2C)ccc1C. The Bertz CT molecular complexity index is 800. The van der Waals surface area contributed by atoms with Crippen molar-refractivity contribution in [1.82, 2.24) is 4.90 Å². The first-order chi connectivity index (χ1) is 11.8. The van der Waals surface area contributed by atoms with Crippen LogP contribution in [0.5, 0.6) is 5.75 Å². The Morgan fingerprint density at radius 3 is 2.40 bits per heavy atom. The first kappa shape index (κ1) is 18.5. The molecule has 0 heterocycles. The van der Waals surface area contributed by atoms with Crippen molar-refractivity contribution in [3.05, 3.63) is 58.7 Å². The van der Waals surface area contributed by atoms with E-state index < -0.39 is 0 Å². The van der Waals surface area contributed by atoms with Crippen LogP contribution in [0, 0.1) is 20.8 Å². The molecule has 0 saturated heterocycles. The van der Waals surface area contributed by atoms with Crippen molar-refractivity contribution in [2.45, 2.75) is 20.8 Å². The first-order valence-electron chi connectivity index (χ1n) is 8.09. The number of amides is 2. The van der Waals surface area contributed by atoms with Crippen molar-refractivity contribution in [3.63, 3.8) is 0 Å². The van der Waals surface area contributed by atoms with Gasteiger partial charge < -0.3 is 15.0 Å². The summed E-state index contributed by atoms with van der Waals surface area (Å²) in [6, 6.07) is 11.1. The predicted octanol–water partition coefficient (Wildman–Crippen LogP) is 3.33.